The van der Waals surface area contributed by atoms with Crippen LogP contribution in [0.5, 0.6) is 0 Å². The largest absolute Gasteiger partial charge is 0.369 e. The molecule has 0 aliphatic heterocycles. The number of carbonyl (C=O) groups is 1. The number of para-hydroxylation sites is 2. The van der Waals surface area contributed by atoms with Crippen molar-refractivity contribution >= 4 is 33.4 Å². The van der Waals surface area contributed by atoms with E-state index >= 15 is 0 Å². The average Bonchev–Trinajstić information content (AvgIpc) is 2.82. The number of nitrogens with zero attached hydrogens (tertiary/aromatic N) is 1. The fourth-order valence-electron chi connectivity index (χ4n) is 3.08. The Hall–Kier alpha value is -3.08. The van der Waals surface area contributed by atoms with E-state index < -0.39 is 5.91 Å². The van der Waals surface area contributed by atoms with Gasteiger partial charge in [-0.05, 0) is 18.2 Å². The zero-order chi connectivity index (χ0) is 15.3. The lowest BCUT2D eigenvalue weighted by atomic mass is 10.1. The Labute approximate surface area is 125 Å². The van der Waals surface area contributed by atoms with Gasteiger partial charge in [0.1, 0.15) is 5.65 Å². The normalized spacial score (nSPS) is 11.5. The molecule has 22 heavy (non-hydrogen) atoms. The smallest absolute Gasteiger partial charge is 0.258 e. The van der Waals surface area contributed by atoms with E-state index in [0.717, 1.165) is 22.0 Å². The van der Waals surface area contributed by atoms with Gasteiger partial charge in [0.25, 0.3) is 5.56 Å². The first-order valence-corrected chi connectivity index (χ1v) is 6.98. The fraction of sp³-hybridized carbons (Fsp3) is 0.0588. The molecule has 2 aromatic carbocycles. The Bertz CT molecular complexity index is 1110. The Morgan fingerprint density at radius 2 is 1.59 bits per heavy atom. The number of H-pyrrole nitrogens is 1. The SMILES string of the molecule is NC(=O)Cc1c2ccccc2n2c1[nH]c(=O)c1ccccc12. The summed E-state index contributed by atoms with van der Waals surface area (Å²) in [5.41, 5.74) is 8.35. The van der Waals surface area contributed by atoms with E-state index in [1.165, 1.54) is 0 Å². The van der Waals surface area contributed by atoms with Gasteiger partial charge in [0, 0.05) is 10.9 Å². The summed E-state index contributed by atoms with van der Waals surface area (Å²) in [4.78, 5) is 26.6. The topological polar surface area (TPSA) is 80.4 Å². The van der Waals surface area contributed by atoms with E-state index in [4.69, 9.17) is 5.73 Å². The number of benzene rings is 2. The Morgan fingerprint density at radius 3 is 2.27 bits per heavy atom. The lowest BCUT2D eigenvalue weighted by Crippen LogP contribution is -2.15. The zero-order valence-corrected chi connectivity index (χ0v) is 11.7. The van der Waals surface area contributed by atoms with E-state index in [1.54, 1.807) is 6.07 Å². The minimum atomic E-state index is -0.424. The molecule has 0 saturated heterocycles. The maximum Gasteiger partial charge on any atom is 0.258 e. The van der Waals surface area contributed by atoms with Gasteiger partial charge in [-0.2, -0.15) is 0 Å². The first-order valence-electron chi connectivity index (χ1n) is 6.98. The van der Waals surface area contributed by atoms with Crippen molar-refractivity contribution < 1.29 is 4.79 Å². The number of nitrogens with two attached hydrogens (primary N) is 1. The van der Waals surface area contributed by atoms with Gasteiger partial charge in [-0.3, -0.25) is 14.0 Å². The second-order valence-corrected chi connectivity index (χ2v) is 5.29. The number of carbonyl (C=O) groups excluding carboxylic acids is 1. The number of aromatic amines is 1. The average molecular weight is 291 g/mol. The maximum atomic E-state index is 12.3. The van der Waals surface area contributed by atoms with Crippen molar-refractivity contribution in [2.75, 3.05) is 0 Å². The highest BCUT2D eigenvalue weighted by molar-refractivity contribution is 5.98. The van der Waals surface area contributed by atoms with Crippen LogP contribution >= 0.6 is 0 Å². The molecule has 0 aliphatic rings. The number of amides is 1. The predicted molar refractivity (Wildman–Crippen MR) is 85.9 cm³/mol. The van der Waals surface area contributed by atoms with Gasteiger partial charge in [-0.1, -0.05) is 30.3 Å². The summed E-state index contributed by atoms with van der Waals surface area (Å²) in [6, 6.07) is 15.2. The molecule has 4 rings (SSSR count). The number of primary amides is 1. The molecule has 0 fully saturated rings. The molecule has 5 heteroatoms. The van der Waals surface area contributed by atoms with E-state index in [-0.39, 0.29) is 12.0 Å². The minimum Gasteiger partial charge on any atom is -0.369 e. The van der Waals surface area contributed by atoms with Gasteiger partial charge in [0.2, 0.25) is 5.91 Å². The Balaban J connectivity index is 2.32. The summed E-state index contributed by atoms with van der Waals surface area (Å²) >= 11 is 0. The van der Waals surface area contributed by atoms with Gasteiger partial charge < -0.3 is 10.7 Å². The first kappa shape index (κ1) is 12.6. The maximum absolute atomic E-state index is 12.3. The van der Waals surface area contributed by atoms with Gasteiger partial charge in [0.05, 0.1) is 22.8 Å². The number of hydrogen-bond acceptors (Lipinski definition) is 2. The lowest BCUT2D eigenvalue weighted by molar-refractivity contribution is -0.117. The molecule has 0 bridgehead atoms. The number of fused-ring (bicyclic) bond motifs is 5. The van der Waals surface area contributed by atoms with Crippen LogP contribution in [0.15, 0.2) is 53.3 Å². The first-order chi connectivity index (χ1) is 10.7. The highest BCUT2D eigenvalue weighted by Gasteiger charge is 2.16. The van der Waals surface area contributed by atoms with E-state index in [1.807, 2.05) is 46.9 Å². The van der Waals surface area contributed by atoms with Crippen LogP contribution in [-0.4, -0.2) is 15.3 Å². The second-order valence-electron chi connectivity index (χ2n) is 5.29. The summed E-state index contributed by atoms with van der Waals surface area (Å²) < 4.78 is 1.98. The van der Waals surface area contributed by atoms with Crippen molar-refractivity contribution in [2.24, 2.45) is 5.73 Å². The van der Waals surface area contributed by atoms with Gasteiger partial charge in [-0.15, -0.1) is 0 Å². The monoisotopic (exact) mass is 291 g/mol. The number of nitrogens with one attached hydrogen (secondary N) is 1. The second kappa shape index (κ2) is 4.46. The van der Waals surface area contributed by atoms with Crippen molar-refractivity contribution in [3.05, 3.63) is 64.4 Å². The van der Waals surface area contributed by atoms with Crippen LogP contribution in [0.3, 0.4) is 0 Å². The molecule has 3 N–H and O–H groups in total. The van der Waals surface area contributed by atoms with Crippen LogP contribution in [-0.2, 0) is 11.2 Å². The Morgan fingerprint density at radius 1 is 1.00 bits per heavy atom. The van der Waals surface area contributed by atoms with Gasteiger partial charge >= 0.3 is 0 Å². The van der Waals surface area contributed by atoms with Crippen LogP contribution in [0.2, 0.25) is 0 Å². The molecule has 0 unspecified atom stereocenters. The molecule has 0 atom stereocenters. The molecule has 108 valence electrons. The predicted octanol–water partition coefficient (Wildman–Crippen LogP) is 1.96. The molecule has 2 aromatic heterocycles. The van der Waals surface area contributed by atoms with Crippen molar-refractivity contribution in [1.82, 2.24) is 9.38 Å². The van der Waals surface area contributed by atoms with Crippen LogP contribution in [0.25, 0.3) is 27.5 Å². The summed E-state index contributed by atoms with van der Waals surface area (Å²) in [7, 11) is 0. The van der Waals surface area contributed by atoms with Crippen molar-refractivity contribution in [3.63, 3.8) is 0 Å². The third kappa shape index (κ3) is 1.65. The molecule has 0 aliphatic carbocycles. The summed E-state index contributed by atoms with van der Waals surface area (Å²) in [6.07, 6.45) is 0.0886. The quantitative estimate of drug-likeness (QED) is 0.592. The zero-order valence-electron chi connectivity index (χ0n) is 11.7. The third-order valence-corrected chi connectivity index (χ3v) is 3.95. The molecule has 2 heterocycles. The van der Waals surface area contributed by atoms with Gasteiger partial charge in [0.15, 0.2) is 0 Å². The van der Waals surface area contributed by atoms with Crippen LogP contribution in [0.1, 0.15) is 5.56 Å². The minimum absolute atomic E-state index is 0.0886. The number of aromatic nitrogens is 2. The van der Waals surface area contributed by atoms with E-state index in [9.17, 15) is 9.59 Å². The number of hydrogen-bond donors (Lipinski definition) is 2. The molecule has 1 amide bonds. The molecule has 4 aromatic rings. The fourth-order valence-corrected chi connectivity index (χ4v) is 3.08. The molecule has 0 saturated carbocycles. The van der Waals surface area contributed by atoms with Crippen LogP contribution in [0.4, 0.5) is 0 Å². The number of rotatable bonds is 2. The Kier molecular flexibility index (Phi) is 2.56. The highest BCUT2D eigenvalue weighted by Crippen LogP contribution is 2.28. The lowest BCUT2D eigenvalue weighted by Gasteiger charge is -2.04. The van der Waals surface area contributed by atoms with E-state index in [2.05, 4.69) is 4.98 Å². The highest BCUT2D eigenvalue weighted by atomic mass is 16.1. The molecule has 5 nitrogen and oxygen atoms in total. The van der Waals surface area contributed by atoms with Crippen molar-refractivity contribution in [3.8, 4) is 0 Å². The van der Waals surface area contributed by atoms with Crippen LogP contribution in [0, 0.1) is 0 Å². The van der Waals surface area contributed by atoms with Gasteiger partial charge in [-0.25, -0.2) is 0 Å². The van der Waals surface area contributed by atoms with E-state index in [0.29, 0.717) is 11.0 Å². The summed E-state index contributed by atoms with van der Waals surface area (Å²) in [6.45, 7) is 0. The van der Waals surface area contributed by atoms with Crippen molar-refractivity contribution in [1.29, 1.82) is 0 Å². The standard InChI is InChI=1S/C17H13N3O2/c18-15(21)9-12-10-5-1-3-7-13(10)20-14-8-4-2-6-11(14)17(22)19-16(12)20/h1-8H,9H2,(H2,18,21)(H,19,22). The van der Waals surface area contributed by atoms with Crippen LogP contribution < -0.4 is 11.3 Å². The third-order valence-electron chi connectivity index (χ3n) is 3.95. The summed E-state index contributed by atoms with van der Waals surface area (Å²) in [5, 5.41) is 1.54. The molecule has 0 radical (unpaired) electrons. The molecule has 0 spiro atoms. The summed E-state index contributed by atoms with van der Waals surface area (Å²) in [5.74, 6) is -0.424. The molecular weight excluding hydrogens is 278 g/mol. The van der Waals surface area contributed by atoms with Crippen molar-refractivity contribution in [2.45, 2.75) is 6.42 Å². The molecular formula is C17H13N3O2.